The maximum absolute atomic E-state index is 13.6. The van der Waals surface area contributed by atoms with Gasteiger partial charge in [0.2, 0.25) is 0 Å². The lowest BCUT2D eigenvalue weighted by Gasteiger charge is -2.28. The van der Waals surface area contributed by atoms with Crippen molar-refractivity contribution in [2.45, 2.75) is 26.3 Å². The molecule has 1 saturated carbocycles. The summed E-state index contributed by atoms with van der Waals surface area (Å²) in [5.41, 5.74) is 4.03. The third-order valence-electron chi connectivity index (χ3n) is 6.89. The third-order valence-corrected chi connectivity index (χ3v) is 7.85. The van der Waals surface area contributed by atoms with Crippen LogP contribution in [0, 0.1) is 25.7 Å². The van der Waals surface area contributed by atoms with Crippen LogP contribution in [0.25, 0.3) is 21.5 Å². The van der Waals surface area contributed by atoms with Gasteiger partial charge in [-0.15, -0.1) is 11.3 Å². The molecule has 2 fully saturated rings. The van der Waals surface area contributed by atoms with Crippen molar-refractivity contribution in [2.24, 2.45) is 11.8 Å². The number of ether oxygens (including phenoxy) is 1. The van der Waals surface area contributed by atoms with Crippen LogP contribution in [0.4, 0.5) is 4.79 Å². The molecule has 2 aliphatic rings. The number of nitrogens with zero attached hydrogens (tertiary/aromatic N) is 2. The second-order valence-electron chi connectivity index (χ2n) is 9.32. The number of fused-ring (bicyclic) bond motifs is 2. The minimum absolute atomic E-state index is 0.0259. The lowest BCUT2D eigenvalue weighted by molar-refractivity contribution is 0.0706. The molecule has 1 aliphatic heterocycles. The summed E-state index contributed by atoms with van der Waals surface area (Å²) in [5.74, 6) is 1.81. The van der Waals surface area contributed by atoms with Crippen molar-refractivity contribution in [3.05, 3.63) is 70.9 Å². The van der Waals surface area contributed by atoms with Gasteiger partial charge in [0.15, 0.2) is 22.7 Å². The summed E-state index contributed by atoms with van der Waals surface area (Å²) in [5, 5.41) is 4.85. The van der Waals surface area contributed by atoms with E-state index in [0.717, 1.165) is 34.5 Å². The zero-order valence-electron chi connectivity index (χ0n) is 19.5. The summed E-state index contributed by atoms with van der Waals surface area (Å²) in [6, 6.07) is 15.3. The molecule has 3 heterocycles. The van der Waals surface area contributed by atoms with Crippen molar-refractivity contribution in [3.63, 3.8) is 0 Å². The Morgan fingerprint density at radius 3 is 2.91 bits per heavy atom. The van der Waals surface area contributed by atoms with Gasteiger partial charge in [0, 0.05) is 24.9 Å². The fourth-order valence-electron chi connectivity index (χ4n) is 5.15. The third kappa shape index (κ3) is 4.08. The standard InChI is InChI=1S/C27H25N3O4S/c1-15-5-3-6-17(11-15)25-19(9-10-35-25)26(31)30-14-18-12-20(18)21(30)13-28-27(32)34-23-8-4-7-22-24(23)29-16(2)33-22/h3-11,18,20-21H,12-14H2,1-2H3,(H,28,32)/t18-,20-,21+/m0/s1. The van der Waals surface area contributed by atoms with Crippen molar-refractivity contribution >= 4 is 34.4 Å². The minimum atomic E-state index is -0.564. The minimum Gasteiger partial charge on any atom is -0.441 e. The zero-order chi connectivity index (χ0) is 24.1. The highest BCUT2D eigenvalue weighted by Crippen LogP contribution is 2.50. The van der Waals surface area contributed by atoms with Crippen LogP contribution in [0.5, 0.6) is 5.75 Å². The van der Waals surface area contributed by atoms with Crippen LogP contribution < -0.4 is 10.1 Å². The highest BCUT2D eigenvalue weighted by Gasteiger charge is 2.54. The van der Waals surface area contributed by atoms with E-state index in [1.807, 2.05) is 28.5 Å². The van der Waals surface area contributed by atoms with E-state index in [9.17, 15) is 9.59 Å². The Labute approximate surface area is 206 Å². The van der Waals surface area contributed by atoms with Gasteiger partial charge in [0.1, 0.15) is 0 Å². The number of hydrogen-bond donors (Lipinski definition) is 1. The summed E-state index contributed by atoms with van der Waals surface area (Å²) in [7, 11) is 0. The number of para-hydroxylation sites is 1. The van der Waals surface area contributed by atoms with Crippen LogP contribution in [0.1, 0.15) is 28.2 Å². The number of thiophene rings is 1. The molecule has 3 atom stereocenters. The maximum Gasteiger partial charge on any atom is 0.412 e. The molecule has 2 aromatic heterocycles. The molecule has 8 heteroatoms. The van der Waals surface area contributed by atoms with Crippen molar-refractivity contribution in [1.29, 1.82) is 0 Å². The number of benzene rings is 2. The molecule has 2 aromatic carbocycles. The van der Waals surface area contributed by atoms with Gasteiger partial charge >= 0.3 is 6.09 Å². The normalized spacial score (nSPS) is 20.6. The van der Waals surface area contributed by atoms with E-state index in [1.165, 1.54) is 0 Å². The first-order valence-electron chi connectivity index (χ1n) is 11.8. The Balaban J connectivity index is 1.16. The van der Waals surface area contributed by atoms with Crippen LogP contribution in [0.3, 0.4) is 0 Å². The molecular weight excluding hydrogens is 462 g/mol. The molecule has 4 aromatic rings. The van der Waals surface area contributed by atoms with Crippen LogP contribution in [0.2, 0.25) is 0 Å². The number of likely N-dealkylation sites (tertiary alicyclic amines) is 1. The largest absolute Gasteiger partial charge is 0.441 e. The Hall–Kier alpha value is -3.65. The SMILES string of the molecule is Cc1cccc(-c2sccc2C(=O)N2C[C@@H]3C[C@@H]3[C@H]2CNC(=O)Oc2cccc3oc(C)nc23)c1. The second-order valence-corrected chi connectivity index (χ2v) is 10.2. The second kappa shape index (κ2) is 8.53. The molecule has 0 spiro atoms. The molecule has 35 heavy (non-hydrogen) atoms. The number of hydrogen-bond acceptors (Lipinski definition) is 6. The first-order chi connectivity index (χ1) is 17.0. The highest BCUT2D eigenvalue weighted by atomic mass is 32.1. The molecule has 1 N–H and O–H groups in total. The molecule has 1 saturated heterocycles. The Kier molecular flexibility index (Phi) is 5.33. The Bertz CT molecular complexity index is 1440. The number of nitrogens with one attached hydrogen (secondary N) is 1. The smallest absolute Gasteiger partial charge is 0.412 e. The molecule has 0 radical (unpaired) electrons. The number of carbonyl (C=O) groups is 2. The number of piperidine rings is 1. The number of amides is 2. The van der Waals surface area contributed by atoms with Gasteiger partial charge in [0.05, 0.1) is 11.6 Å². The number of oxazole rings is 1. The Morgan fingerprint density at radius 1 is 1.20 bits per heavy atom. The fourth-order valence-corrected chi connectivity index (χ4v) is 6.03. The topological polar surface area (TPSA) is 84.7 Å². The van der Waals surface area contributed by atoms with Crippen LogP contribution in [-0.4, -0.2) is 41.0 Å². The number of aromatic nitrogens is 1. The van der Waals surface area contributed by atoms with Crippen LogP contribution in [0.15, 0.2) is 58.3 Å². The van der Waals surface area contributed by atoms with Crippen LogP contribution >= 0.6 is 11.3 Å². The maximum atomic E-state index is 13.6. The predicted molar refractivity (Wildman–Crippen MR) is 134 cm³/mol. The first-order valence-corrected chi connectivity index (χ1v) is 12.6. The number of rotatable bonds is 5. The fraction of sp³-hybridized carbons (Fsp3) is 0.296. The molecule has 2 amide bonds. The van der Waals surface area contributed by atoms with E-state index in [-0.39, 0.29) is 11.9 Å². The predicted octanol–water partition coefficient (Wildman–Crippen LogP) is 5.42. The van der Waals surface area contributed by atoms with Crippen LogP contribution in [-0.2, 0) is 0 Å². The van der Waals surface area contributed by atoms with Crippen molar-refractivity contribution in [3.8, 4) is 16.2 Å². The van der Waals surface area contributed by atoms with Gasteiger partial charge in [-0.3, -0.25) is 4.79 Å². The van der Waals surface area contributed by atoms with E-state index in [2.05, 4.69) is 29.4 Å². The van der Waals surface area contributed by atoms with Gasteiger partial charge < -0.3 is 19.4 Å². The van der Waals surface area contributed by atoms with Crippen molar-refractivity contribution < 1.29 is 18.7 Å². The quantitative estimate of drug-likeness (QED) is 0.406. The van der Waals surface area contributed by atoms with Gasteiger partial charge in [-0.05, 0) is 54.3 Å². The Morgan fingerprint density at radius 2 is 2.06 bits per heavy atom. The lowest BCUT2D eigenvalue weighted by Crippen LogP contribution is -2.46. The summed E-state index contributed by atoms with van der Waals surface area (Å²) in [6.45, 7) is 4.88. The average Bonchev–Trinajstić information content (AvgIpc) is 3.16. The van der Waals surface area contributed by atoms with Gasteiger partial charge in [-0.2, -0.15) is 0 Å². The molecule has 0 unspecified atom stereocenters. The van der Waals surface area contributed by atoms with E-state index in [0.29, 0.717) is 41.1 Å². The summed E-state index contributed by atoms with van der Waals surface area (Å²) in [6.07, 6.45) is 0.530. The van der Waals surface area contributed by atoms with E-state index in [4.69, 9.17) is 9.15 Å². The molecule has 178 valence electrons. The average molecular weight is 488 g/mol. The molecular formula is C27H25N3O4S. The highest BCUT2D eigenvalue weighted by molar-refractivity contribution is 7.14. The summed E-state index contributed by atoms with van der Waals surface area (Å²) >= 11 is 1.58. The monoisotopic (exact) mass is 487 g/mol. The van der Waals surface area contributed by atoms with Gasteiger partial charge in [-0.25, -0.2) is 9.78 Å². The summed E-state index contributed by atoms with van der Waals surface area (Å²) < 4.78 is 11.0. The molecule has 7 nitrogen and oxygen atoms in total. The van der Waals surface area contributed by atoms with E-state index < -0.39 is 6.09 Å². The van der Waals surface area contributed by atoms with Gasteiger partial charge in [0.25, 0.3) is 5.91 Å². The number of carbonyl (C=O) groups excluding carboxylic acids is 2. The summed E-state index contributed by atoms with van der Waals surface area (Å²) in [4.78, 5) is 33.5. The molecule has 0 bridgehead atoms. The number of aryl methyl sites for hydroxylation is 2. The zero-order valence-corrected chi connectivity index (χ0v) is 20.3. The van der Waals surface area contributed by atoms with E-state index >= 15 is 0 Å². The molecule has 6 rings (SSSR count). The molecule has 1 aliphatic carbocycles. The lowest BCUT2D eigenvalue weighted by atomic mass is 10.1. The van der Waals surface area contributed by atoms with Crippen molar-refractivity contribution in [1.82, 2.24) is 15.2 Å². The van der Waals surface area contributed by atoms with E-state index in [1.54, 1.807) is 36.5 Å². The van der Waals surface area contributed by atoms with Crippen molar-refractivity contribution in [2.75, 3.05) is 13.1 Å². The first kappa shape index (κ1) is 21.9. The van der Waals surface area contributed by atoms with Gasteiger partial charge in [-0.1, -0.05) is 35.9 Å².